The fourth-order valence-corrected chi connectivity index (χ4v) is 2.80. The molecule has 1 saturated heterocycles. The summed E-state index contributed by atoms with van der Waals surface area (Å²) in [5.74, 6) is -0.0993. The van der Waals surface area contributed by atoms with Crippen molar-refractivity contribution in [1.82, 2.24) is 4.90 Å². The molecule has 2 atom stereocenters. The van der Waals surface area contributed by atoms with Crippen molar-refractivity contribution in [3.8, 4) is 0 Å². The Hall–Kier alpha value is -1.66. The van der Waals surface area contributed by atoms with Crippen LogP contribution in [0.5, 0.6) is 0 Å². The smallest absolute Gasteiger partial charge is 0.283 e. The van der Waals surface area contributed by atoms with Crippen LogP contribution in [0.4, 0.5) is 5.69 Å². The number of nitrogens with two attached hydrogens (primary N) is 1. The Balaban J connectivity index is 2.26. The molecule has 0 bridgehead atoms. The average Bonchev–Trinajstić information content (AvgIpc) is 2.46. The highest BCUT2D eigenvalue weighted by Gasteiger charge is 2.30. The van der Waals surface area contributed by atoms with Gasteiger partial charge in [0, 0.05) is 30.2 Å². The van der Waals surface area contributed by atoms with Gasteiger partial charge < -0.3 is 10.6 Å². The molecule has 7 heteroatoms. The van der Waals surface area contributed by atoms with Crippen LogP contribution in [0.2, 0.25) is 5.02 Å². The van der Waals surface area contributed by atoms with E-state index in [0.717, 1.165) is 12.8 Å². The second-order valence-electron chi connectivity index (χ2n) is 5.43. The molecular weight excluding hydrogens is 294 g/mol. The number of nitro groups is 1. The summed E-state index contributed by atoms with van der Waals surface area (Å²) in [6.45, 7) is 3.06. The molecule has 1 fully saturated rings. The minimum atomic E-state index is -0.577. The van der Waals surface area contributed by atoms with Gasteiger partial charge in [0.1, 0.15) is 5.56 Å². The number of nitro benzene ring substituents is 1. The van der Waals surface area contributed by atoms with Crippen molar-refractivity contribution in [2.45, 2.75) is 25.8 Å². The first-order chi connectivity index (χ1) is 9.90. The largest absolute Gasteiger partial charge is 0.338 e. The Bertz CT molecular complexity index is 562. The zero-order valence-corrected chi connectivity index (χ0v) is 12.5. The Morgan fingerprint density at radius 3 is 2.90 bits per heavy atom. The Morgan fingerprint density at radius 2 is 2.29 bits per heavy atom. The Morgan fingerprint density at radius 1 is 1.57 bits per heavy atom. The maximum Gasteiger partial charge on any atom is 0.283 e. The van der Waals surface area contributed by atoms with Gasteiger partial charge >= 0.3 is 0 Å². The van der Waals surface area contributed by atoms with E-state index in [2.05, 4.69) is 0 Å². The first-order valence-corrected chi connectivity index (χ1v) is 7.26. The summed E-state index contributed by atoms with van der Waals surface area (Å²) in [5.41, 5.74) is 5.73. The summed E-state index contributed by atoms with van der Waals surface area (Å²) >= 11 is 5.77. The first kappa shape index (κ1) is 15.7. The molecule has 1 aromatic rings. The molecule has 1 amide bonds. The molecule has 21 heavy (non-hydrogen) atoms. The number of hydrogen-bond acceptors (Lipinski definition) is 4. The van der Waals surface area contributed by atoms with E-state index in [4.69, 9.17) is 17.3 Å². The normalized spacial score (nSPS) is 20.1. The lowest BCUT2D eigenvalue weighted by atomic mass is 9.92. The molecule has 2 N–H and O–H groups in total. The number of halogens is 1. The van der Waals surface area contributed by atoms with Gasteiger partial charge in [-0.1, -0.05) is 11.6 Å². The number of hydrogen-bond donors (Lipinski definition) is 1. The average molecular weight is 312 g/mol. The zero-order chi connectivity index (χ0) is 15.6. The third-order valence-corrected chi connectivity index (χ3v) is 4.11. The highest BCUT2D eigenvalue weighted by Crippen LogP contribution is 2.27. The topological polar surface area (TPSA) is 89.5 Å². The summed E-state index contributed by atoms with van der Waals surface area (Å²) < 4.78 is 0. The number of carbonyl (C=O) groups excluding carboxylic acids is 1. The van der Waals surface area contributed by atoms with Crippen LogP contribution in [0.1, 0.15) is 30.1 Å². The lowest BCUT2D eigenvalue weighted by Gasteiger charge is -2.34. The first-order valence-electron chi connectivity index (χ1n) is 6.89. The van der Waals surface area contributed by atoms with E-state index in [1.54, 1.807) is 4.90 Å². The van der Waals surface area contributed by atoms with E-state index in [9.17, 15) is 14.9 Å². The summed E-state index contributed by atoms with van der Waals surface area (Å²) in [4.78, 5) is 24.7. The second-order valence-corrected chi connectivity index (χ2v) is 5.87. The van der Waals surface area contributed by atoms with Gasteiger partial charge in [-0.2, -0.15) is 0 Å². The minimum Gasteiger partial charge on any atom is -0.338 e. The molecular formula is C14H18ClN3O3. The molecule has 0 radical (unpaired) electrons. The predicted octanol–water partition coefficient (Wildman–Crippen LogP) is 2.45. The van der Waals surface area contributed by atoms with Crippen LogP contribution in [0.15, 0.2) is 18.2 Å². The molecule has 1 aromatic carbocycles. The van der Waals surface area contributed by atoms with E-state index in [1.165, 1.54) is 18.2 Å². The molecule has 2 rings (SSSR count). The molecule has 0 aromatic heterocycles. The van der Waals surface area contributed by atoms with Crippen molar-refractivity contribution in [2.75, 3.05) is 13.1 Å². The minimum absolute atomic E-state index is 0.000744. The van der Waals surface area contributed by atoms with Crippen LogP contribution in [-0.4, -0.2) is 34.9 Å². The number of piperidine rings is 1. The van der Waals surface area contributed by atoms with Crippen molar-refractivity contribution in [3.05, 3.63) is 38.9 Å². The van der Waals surface area contributed by atoms with Gasteiger partial charge in [-0.05, 0) is 37.8 Å². The van der Waals surface area contributed by atoms with Crippen LogP contribution in [0.25, 0.3) is 0 Å². The van der Waals surface area contributed by atoms with Gasteiger partial charge in [0.15, 0.2) is 0 Å². The van der Waals surface area contributed by atoms with Crippen LogP contribution < -0.4 is 5.73 Å². The quantitative estimate of drug-likeness (QED) is 0.686. The van der Waals surface area contributed by atoms with Gasteiger partial charge in [-0.25, -0.2) is 0 Å². The molecule has 114 valence electrons. The lowest BCUT2D eigenvalue weighted by molar-refractivity contribution is -0.385. The fourth-order valence-electron chi connectivity index (χ4n) is 2.63. The third kappa shape index (κ3) is 3.51. The van der Waals surface area contributed by atoms with Crippen molar-refractivity contribution in [2.24, 2.45) is 11.7 Å². The molecule has 0 saturated carbocycles. The van der Waals surface area contributed by atoms with Gasteiger partial charge in [0.05, 0.1) is 4.92 Å². The van der Waals surface area contributed by atoms with E-state index in [1.807, 2.05) is 6.92 Å². The zero-order valence-electron chi connectivity index (χ0n) is 11.8. The molecule has 0 spiro atoms. The van der Waals surface area contributed by atoms with Crippen LogP contribution in [0.3, 0.4) is 0 Å². The maximum atomic E-state index is 12.5. The predicted molar refractivity (Wildman–Crippen MR) is 80.4 cm³/mol. The van der Waals surface area contributed by atoms with Crippen LogP contribution >= 0.6 is 11.6 Å². The number of benzene rings is 1. The summed E-state index contributed by atoms with van der Waals surface area (Å²) in [5, 5.41) is 11.3. The maximum absolute atomic E-state index is 12.5. The van der Waals surface area contributed by atoms with Crippen molar-refractivity contribution in [3.63, 3.8) is 0 Å². The number of nitrogens with zero attached hydrogens (tertiary/aromatic N) is 2. The van der Waals surface area contributed by atoms with Crippen molar-refractivity contribution >= 4 is 23.2 Å². The standard InChI is InChI=1S/C14H18ClN3O3/c1-9(16)10-3-2-6-17(8-10)14(19)12-5-4-11(15)7-13(12)18(20)21/h4-5,7,9-10H,2-3,6,8,16H2,1H3. The molecule has 1 heterocycles. The van der Waals surface area contributed by atoms with Crippen LogP contribution in [-0.2, 0) is 0 Å². The SMILES string of the molecule is CC(N)C1CCCN(C(=O)c2ccc(Cl)cc2[N+](=O)[O-])C1. The van der Waals surface area contributed by atoms with E-state index in [0.29, 0.717) is 13.1 Å². The van der Waals surface area contributed by atoms with Crippen molar-refractivity contribution in [1.29, 1.82) is 0 Å². The van der Waals surface area contributed by atoms with Gasteiger partial charge in [-0.3, -0.25) is 14.9 Å². The molecule has 1 aliphatic heterocycles. The van der Waals surface area contributed by atoms with E-state index in [-0.39, 0.29) is 34.1 Å². The third-order valence-electron chi connectivity index (χ3n) is 3.88. The Labute approximate surface area is 128 Å². The monoisotopic (exact) mass is 311 g/mol. The second kappa shape index (κ2) is 6.41. The molecule has 1 aliphatic rings. The Kier molecular flexibility index (Phi) is 4.80. The van der Waals surface area contributed by atoms with Crippen LogP contribution in [0, 0.1) is 16.0 Å². The number of amides is 1. The molecule has 2 unspecified atom stereocenters. The lowest BCUT2D eigenvalue weighted by Crippen LogP contribution is -2.45. The number of likely N-dealkylation sites (tertiary alicyclic amines) is 1. The summed E-state index contributed by atoms with van der Waals surface area (Å²) in [6.07, 6.45) is 1.84. The van der Waals surface area contributed by atoms with E-state index < -0.39 is 4.92 Å². The molecule has 0 aliphatic carbocycles. The van der Waals surface area contributed by atoms with Crippen molar-refractivity contribution < 1.29 is 9.72 Å². The summed E-state index contributed by atoms with van der Waals surface area (Å²) in [7, 11) is 0. The summed E-state index contributed by atoms with van der Waals surface area (Å²) in [6, 6.07) is 4.12. The number of carbonyl (C=O) groups is 1. The van der Waals surface area contributed by atoms with Gasteiger partial charge in [-0.15, -0.1) is 0 Å². The molecule has 6 nitrogen and oxygen atoms in total. The highest BCUT2D eigenvalue weighted by atomic mass is 35.5. The van der Waals surface area contributed by atoms with Gasteiger partial charge in [0.2, 0.25) is 0 Å². The number of rotatable bonds is 3. The highest BCUT2D eigenvalue weighted by molar-refractivity contribution is 6.31. The fraction of sp³-hybridized carbons (Fsp3) is 0.500. The van der Waals surface area contributed by atoms with Gasteiger partial charge in [0.25, 0.3) is 11.6 Å². The van der Waals surface area contributed by atoms with E-state index >= 15 is 0 Å².